The van der Waals surface area contributed by atoms with Crippen molar-refractivity contribution < 1.29 is 14.3 Å². The fourth-order valence-corrected chi connectivity index (χ4v) is 1.76. The molecule has 0 spiro atoms. The number of ether oxygens (including phenoxy) is 1. The molecule has 0 radical (unpaired) electrons. The molecule has 0 saturated heterocycles. The van der Waals surface area contributed by atoms with Crippen molar-refractivity contribution in [2.45, 2.75) is 26.7 Å². The van der Waals surface area contributed by atoms with Crippen LogP contribution in [-0.4, -0.2) is 18.9 Å². The standard InChI is InChI=1S/C14H15NO3/c1-3-10-5-13(9-16)12(8-15)6-11(10)7-14(17)18-4-2/h5-6,9H,3-4,7H2,1-2H3. The van der Waals surface area contributed by atoms with Gasteiger partial charge in [-0.05, 0) is 36.6 Å². The molecular weight excluding hydrogens is 230 g/mol. The zero-order valence-corrected chi connectivity index (χ0v) is 10.5. The summed E-state index contributed by atoms with van der Waals surface area (Å²) in [7, 11) is 0. The number of aldehydes is 1. The first-order valence-corrected chi connectivity index (χ1v) is 5.82. The molecule has 0 N–H and O–H groups in total. The van der Waals surface area contributed by atoms with Gasteiger partial charge >= 0.3 is 5.97 Å². The van der Waals surface area contributed by atoms with E-state index < -0.39 is 0 Å². The number of nitriles is 1. The monoisotopic (exact) mass is 245 g/mol. The fraction of sp³-hybridized carbons (Fsp3) is 0.357. The van der Waals surface area contributed by atoms with Crippen molar-refractivity contribution in [1.29, 1.82) is 5.26 Å². The number of aryl methyl sites for hydroxylation is 1. The Kier molecular flexibility index (Phi) is 5.06. The Balaban J connectivity index is 3.14. The molecule has 0 aliphatic heterocycles. The van der Waals surface area contributed by atoms with Crippen LogP contribution in [0.3, 0.4) is 0 Å². The number of benzene rings is 1. The Labute approximate surface area is 106 Å². The van der Waals surface area contributed by atoms with E-state index in [1.807, 2.05) is 13.0 Å². The number of hydrogen-bond donors (Lipinski definition) is 0. The van der Waals surface area contributed by atoms with Crippen molar-refractivity contribution in [2.75, 3.05) is 6.61 Å². The number of rotatable bonds is 5. The summed E-state index contributed by atoms with van der Waals surface area (Å²) in [5.74, 6) is -0.324. The van der Waals surface area contributed by atoms with E-state index in [0.717, 1.165) is 11.1 Å². The molecular formula is C14H15NO3. The average molecular weight is 245 g/mol. The zero-order chi connectivity index (χ0) is 13.5. The first-order chi connectivity index (χ1) is 8.65. The molecule has 94 valence electrons. The molecule has 0 aliphatic rings. The van der Waals surface area contributed by atoms with Gasteiger partial charge in [0.15, 0.2) is 6.29 Å². The van der Waals surface area contributed by atoms with Gasteiger partial charge in [-0.25, -0.2) is 0 Å². The summed E-state index contributed by atoms with van der Waals surface area (Å²) < 4.78 is 4.88. The minimum atomic E-state index is -0.324. The van der Waals surface area contributed by atoms with Crippen LogP contribution in [-0.2, 0) is 22.4 Å². The molecule has 4 heteroatoms. The van der Waals surface area contributed by atoms with E-state index in [4.69, 9.17) is 10.00 Å². The lowest BCUT2D eigenvalue weighted by Gasteiger charge is -2.09. The Morgan fingerprint density at radius 1 is 1.39 bits per heavy atom. The Hall–Kier alpha value is -2.15. The maximum Gasteiger partial charge on any atom is 0.310 e. The maximum atomic E-state index is 11.5. The van der Waals surface area contributed by atoms with E-state index in [1.54, 1.807) is 19.1 Å². The first-order valence-electron chi connectivity index (χ1n) is 5.82. The van der Waals surface area contributed by atoms with Gasteiger partial charge in [0.1, 0.15) is 0 Å². The zero-order valence-electron chi connectivity index (χ0n) is 10.5. The minimum absolute atomic E-state index is 0.130. The summed E-state index contributed by atoms with van der Waals surface area (Å²) in [5, 5.41) is 8.95. The highest BCUT2D eigenvalue weighted by molar-refractivity contribution is 5.81. The van der Waals surface area contributed by atoms with Gasteiger partial charge in [-0.3, -0.25) is 9.59 Å². The molecule has 0 fully saturated rings. The minimum Gasteiger partial charge on any atom is -0.466 e. The van der Waals surface area contributed by atoms with Gasteiger partial charge in [0.25, 0.3) is 0 Å². The second-order valence-corrected chi connectivity index (χ2v) is 3.77. The number of nitrogens with zero attached hydrogens (tertiary/aromatic N) is 1. The third-order valence-corrected chi connectivity index (χ3v) is 2.64. The average Bonchev–Trinajstić information content (AvgIpc) is 2.38. The molecule has 1 aromatic rings. The largest absolute Gasteiger partial charge is 0.466 e. The van der Waals surface area contributed by atoms with Crippen molar-refractivity contribution in [3.05, 3.63) is 34.4 Å². The molecule has 0 aromatic heterocycles. The van der Waals surface area contributed by atoms with Crippen LogP contribution < -0.4 is 0 Å². The maximum absolute atomic E-state index is 11.5. The normalized spacial score (nSPS) is 9.61. The lowest BCUT2D eigenvalue weighted by molar-refractivity contribution is -0.142. The summed E-state index contributed by atoms with van der Waals surface area (Å²) in [6.45, 7) is 4.01. The Morgan fingerprint density at radius 3 is 2.61 bits per heavy atom. The van der Waals surface area contributed by atoms with E-state index in [0.29, 0.717) is 30.4 Å². The molecule has 1 rings (SSSR count). The van der Waals surface area contributed by atoms with E-state index in [9.17, 15) is 9.59 Å². The number of carbonyl (C=O) groups is 2. The van der Waals surface area contributed by atoms with Gasteiger partial charge in [0.2, 0.25) is 0 Å². The molecule has 1 aromatic carbocycles. The van der Waals surface area contributed by atoms with E-state index in [2.05, 4.69) is 0 Å². The van der Waals surface area contributed by atoms with Gasteiger partial charge in [0, 0.05) is 5.56 Å². The highest BCUT2D eigenvalue weighted by Crippen LogP contribution is 2.17. The van der Waals surface area contributed by atoms with E-state index in [1.165, 1.54) is 0 Å². The van der Waals surface area contributed by atoms with Crippen LogP contribution in [0, 0.1) is 11.3 Å². The number of hydrogen-bond acceptors (Lipinski definition) is 4. The second-order valence-electron chi connectivity index (χ2n) is 3.77. The highest BCUT2D eigenvalue weighted by Gasteiger charge is 2.12. The molecule has 0 heterocycles. The van der Waals surface area contributed by atoms with Gasteiger partial charge < -0.3 is 4.74 Å². The smallest absolute Gasteiger partial charge is 0.310 e. The molecule has 0 atom stereocenters. The molecule has 0 saturated carbocycles. The SMILES string of the molecule is CCOC(=O)Cc1cc(C#N)c(C=O)cc1CC. The fourth-order valence-electron chi connectivity index (χ4n) is 1.76. The third kappa shape index (κ3) is 3.17. The van der Waals surface area contributed by atoms with Crippen LogP contribution in [0.2, 0.25) is 0 Å². The Morgan fingerprint density at radius 2 is 2.11 bits per heavy atom. The predicted molar refractivity (Wildman–Crippen MR) is 66.3 cm³/mol. The van der Waals surface area contributed by atoms with Crippen molar-refractivity contribution in [3.8, 4) is 6.07 Å². The summed E-state index contributed by atoms with van der Waals surface area (Å²) in [5.41, 5.74) is 2.30. The highest BCUT2D eigenvalue weighted by atomic mass is 16.5. The van der Waals surface area contributed by atoms with Crippen LogP contribution >= 0.6 is 0 Å². The Bertz CT molecular complexity index is 500. The second kappa shape index (κ2) is 6.55. The summed E-state index contributed by atoms with van der Waals surface area (Å²) in [6.07, 6.45) is 1.48. The molecule has 0 unspecified atom stereocenters. The van der Waals surface area contributed by atoms with Crippen LogP contribution in [0.1, 0.15) is 40.9 Å². The van der Waals surface area contributed by atoms with E-state index >= 15 is 0 Å². The number of esters is 1. The van der Waals surface area contributed by atoms with Crippen LogP contribution in [0.25, 0.3) is 0 Å². The van der Waals surface area contributed by atoms with Crippen LogP contribution in [0.15, 0.2) is 12.1 Å². The number of carbonyl (C=O) groups excluding carboxylic acids is 2. The lowest BCUT2D eigenvalue weighted by Crippen LogP contribution is -2.10. The quantitative estimate of drug-likeness (QED) is 0.588. The van der Waals surface area contributed by atoms with Gasteiger partial charge in [-0.1, -0.05) is 6.92 Å². The molecule has 0 amide bonds. The summed E-state index contributed by atoms with van der Waals surface area (Å²) in [4.78, 5) is 22.3. The first kappa shape index (κ1) is 13.9. The third-order valence-electron chi connectivity index (χ3n) is 2.64. The molecule has 18 heavy (non-hydrogen) atoms. The van der Waals surface area contributed by atoms with Gasteiger partial charge in [-0.15, -0.1) is 0 Å². The summed E-state index contributed by atoms with van der Waals surface area (Å²) >= 11 is 0. The molecule has 4 nitrogen and oxygen atoms in total. The van der Waals surface area contributed by atoms with Crippen molar-refractivity contribution in [1.82, 2.24) is 0 Å². The molecule has 0 bridgehead atoms. The molecule has 0 aliphatic carbocycles. The van der Waals surface area contributed by atoms with Crippen LogP contribution in [0.4, 0.5) is 0 Å². The predicted octanol–water partition coefficient (Wildman–Crippen LogP) is 2.04. The topological polar surface area (TPSA) is 67.2 Å². The van der Waals surface area contributed by atoms with Crippen LogP contribution in [0.5, 0.6) is 0 Å². The van der Waals surface area contributed by atoms with Crippen molar-refractivity contribution >= 4 is 12.3 Å². The summed E-state index contributed by atoms with van der Waals surface area (Å²) in [6, 6.07) is 5.22. The van der Waals surface area contributed by atoms with Gasteiger partial charge in [-0.2, -0.15) is 5.26 Å². The van der Waals surface area contributed by atoms with Crippen molar-refractivity contribution in [3.63, 3.8) is 0 Å². The van der Waals surface area contributed by atoms with Gasteiger partial charge in [0.05, 0.1) is 24.7 Å². The van der Waals surface area contributed by atoms with Crippen molar-refractivity contribution in [2.24, 2.45) is 0 Å². The lowest BCUT2D eigenvalue weighted by atomic mass is 9.96. The van der Waals surface area contributed by atoms with E-state index in [-0.39, 0.29) is 12.4 Å².